The highest BCUT2D eigenvalue weighted by molar-refractivity contribution is 7.81. The molecule has 2 fully saturated rings. The lowest BCUT2D eigenvalue weighted by Gasteiger charge is -2.37. The van der Waals surface area contributed by atoms with Crippen LogP contribution in [0.3, 0.4) is 0 Å². The molecule has 1 N–H and O–H groups in total. The van der Waals surface area contributed by atoms with Gasteiger partial charge >= 0.3 is 5.97 Å². The molecule has 1 aromatic heterocycles. The summed E-state index contributed by atoms with van der Waals surface area (Å²) in [6.45, 7) is 2.59. The topological polar surface area (TPSA) is 88.3 Å². The summed E-state index contributed by atoms with van der Waals surface area (Å²) < 4.78 is 14.6. The average molecular weight is 481 g/mol. The number of benzene rings is 1. The second-order valence-corrected chi connectivity index (χ2v) is 8.82. The van der Waals surface area contributed by atoms with Crippen LogP contribution in [0.15, 0.2) is 36.0 Å². The molecule has 3 unspecified atom stereocenters. The Hall–Kier alpha value is -2.23. The Kier molecular flexibility index (Phi) is 7.74. The van der Waals surface area contributed by atoms with Gasteiger partial charge < -0.3 is 5.11 Å². The first-order chi connectivity index (χ1) is 14.8. The van der Waals surface area contributed by atoms with E-state index in [2.05, 4.69) is 22.8 Å². The molecule has 7 nitrogen and oxygen atoms in total. The zero-order valence-electron chi connectivity index (χ0n) is 17.6. The van der Waals surface area contributed by atoms with Gasteiger partial charge in [0, 0.05) is 29.8 Å². The molecule has 1 aliphatic heterocycles. The number of ketones is 1. The van der Waals surface area contributed by atoms with Crippen LogP contribution >= 0.6 is 25.0 Å². The first-order valence-electron chi connectivity index (χ1n) is 10.4. The van der Waals surface area contributed by atoms with Crippen molar-refractivity contribution in [1.82, 2.24) is 19.9 Å². The summed E-state index contributed by atoms with van der Waals surface area (Å²) in [5.74, 6) is -1.31. The van der Waals surface area contributed by atoms with Gasteiger partial charge in [0.05, 0.1) is 12.2 Å². The molecule has 2 aromatic rings. The molecule has 10 heteroatoms. The zero-order chi connectivity index (χ0) is 22.1. The highest BCUT2D eigenvalue weighted by Gasteiger charge is 2.40. The van der Waals surface area contributed by atoms with Gasteiger partial charge in [-0.15, -0.1) is 12.4 Å². The van der Waals surface area contributed by atoms with E-state index >= 15 is 0 Å². The molecule has 2 heterocycles. The monoisotopic (exact) mass is 480 g/mol. The maximum absolute atomic E-state index is 14.6. The predicted molar refractivity (Wildman–Crippen MR) is 123 cm³/mol. The third-order valence-corrected chi connectivity index (χ3v) is 6.47. The van der Waals surface area contributed by atoms with E-state index in [9.17, 15) is 14.0 Å². The Morgan fingerprint density at radius 2 is 2.00 bits per heavy atom. The summed E-state index contributed by atoms with van der Waals surface area (Å²) in [4.78, 5) is 27.4. The standard InChI is InChI=1S/C22H25FN4O3S.ClH/c1-13(22(29)30)27-24-11-16(25-27)10-15-12-26(9-8-19(15)31)20(21(28)14-6-7-14)17-4-2-3-5-18(17)23;/h2-5,10-11,13-14,19-20,31H,6-9,12H2,1H3,(H,29,30);1H. The highest BCUT2D eigenvalue weighted by Crippen LogP contribution is 2.39. The predicted octanol–water partition coefficient (Wildman–Crippen LogP) is 3.59. The van der Waals surface area contributed by atoms with Crippen LogP contribution in [0.2, 0.25) is 0 Å². The Labute approximate surface area is 197 Å². The Morgan fingerprint density at radius 3 is 2.66 bits per heavy atom. The number of likely N-dealkylation sites (tertiary alicyclic amines) is 1. The van der Waals surface area contributed by atoms with Crippen LogP contribution in [0.25, 0.3) is 6.08 Å². The van der Waals surface area contributed by atoms with Gasteiger partial charge in [-0.2, -0.15) is 27.6 Å². The molecule has 32 heavy (non-hydrogen) atoms. The Balaban J connectivity index is 0.00000289. The minimum atomic E-state index is -1.02. The number of carboxylic acids is 1. The lowest BCUT2D eigenvalue weighted by atomic mass is 9.93. The normalized spacial score (nSPS) is 22.2. The van der Waals surface area contributed by atoms with E-state index in [0.717, 1.165) is 23.2 Å². The Bertz CT molecular complexity index is 1030. The first kappa shape index (κ1) is 24.4. The number of carboxylic acid groups (broad SMARTS) is 1. The molecule has 3 atom stereocenters. The van der Waals surface area contributed by atoms with Crippen molar-refractivity contribution >= 4 is 42.9 Å². The molecule has 0 bridgehead atoms. The third kappa shape index (κ3) is 5.22. The van der Waals surface area contributed by atoms with Gasteiger partial charge in [-0.1, -0.05) is 18.2 Å². The second-order valence-electron chi connectivity index (χ2n) is 8.20. The molecule has 0 radical (unpaired) electrons. The van der Waals surface area contributed by atoms with Crippen molar-refractivity contribution in [3.8, 4) is 0 Å². The molecule has 172 valence electrons. The number of Topliss-reactive ketones (excluding diaryl/α,β-unsaturated/α-hetero) is 1. The van der Waals surface area contributed by atoms with Crippen LogP contribution in [0.1, 0.15) is 49.5 Å². The molecule has 1 saturated heterocycles. The van der Waals surface area contributed by atoms with Crippen molar-refractivity contribution in [3.63, 3.8) is 0 Å². The lowest BCUT2D eigenvalue weighted by molar-refractivity contribution is -0.141. The number of piperidine rings is 1. The number of aromatic nitrogens is 3. The molecule has 4 rings (SSSR count). The van der Waals surface area contributed by atoms with E-state index in [1.54, 1.807) is 18.2 Å². The summed E-state index contributed by atoms with van der Waals surface area (Å²) >= 11 is 4.69. The zero-order valence-corrected chi connectivity index (χ0v) is 19.3. The Morgan fingerprint density at radius 1 is 1.28 bits per heavy atom. The minimum absolute atomic E-state index is 0. The fourth-order valence-electron chi connectivity index (χ4n) is 3.90. The molecular formula is C22H26ClFN4O3S. The van der Waals surface area contributed by atoms with E-state index in [1.807, 2.05) is 11.0 Å². The first-order valence-corrected chi connectivity index (χ1v) is 10.9. The summed E-state index contributed by atoms with van der Waals surface area (Å²) in [5.41, 5.74) is 1.88. The number of rotatable bonds is 7. The number of nitrogens with zero attached hydrogens (tertiary/aromatic N) is 4. The van der Waals surface area contributed by atoms with Gasteiger partial charge in [-0.25, -0.2) is 9.18 Å². The number of hydrogen-bond acceptors (Lipinski definition) is 6. The molecule has 0 spiro atoms. The number of halogens is 2. The van der Waals surface area contributed by atoms with E-state index in [1.165, 1.54) is 19.2 Å². The molecule has 1 aliphatic carbocycles. The van der Waals surface area contributed by atoms with Crippen LogP contribution < -0.4 is 0 Å². The number of carbonyl (C=O) groups excluding carboxylic acids is 1. The number of carbonyl (C=O) groups is 2. The average Bonchev–Trinajstić information content (AvgIpc) is 3.50. The van der Waals surface area contributed by atoms with Crippen molar-refractivity contribution in [1.29, 1.82) is 0 Å². The van der Waals surface area contributed by atoms with Gasteiger partial charge in [-0.05, 0) is 43.9 Å². The van der Waals surface area contributed by atoms with Crippen molar-refractivity contribution in [2.75, 3.05) is 13.1 Å². The number of hydrogen-bond donors (Lipinski definition) is 2. The van der Waals surface area contributed by atoms with Gasteiger partial charge in [0.25, 0.3) is 0 Å². The van der Waals surface area contributed by atoms with Crippen LogP contribution in [0, 0.1) is 11.7 Å². The maximum atomic E-state index is 14.6. The summed E-state index contributed by atoms with van der Waals surface area (Å²) in [5, 5.41) is 17.4. The van der Waals surface area contributed by atoms with Crippen molar-refractivity contribution in [2.45, 2.75) is 43.5 Å². The molecule has 1 saturated carbocycles. The summed E-state index contributed by atoms with van der Waals surface area (Å²) in [6.07, 6.45) is 5.77. The van der Waals surface area contributed by atoms with Gasteiger partial charge in [0.1, 0.15) is 11.5 Å². The number of aliphatic carboxylic acids is 1. The van der Waals surface area contributed by atoms with Crippen LogP contribution in [-0.2, 0) is 9.59 Å². The quantitative estimate of drug-likeness (QED) is 0.589. The van der Waals surface area contributed by atoms with E-state index < -0.39 is 18.1 Å². The smallest absolute Gasteiger partial charge is 0.330 e. The fraction of sp³-hybridized carbons (Fsp3) is 0.455. The largest absolute Gasteiger partial charge is 0.480 e. The van der Waals surface area contributed by atoms with E-state index in [0.29, 0.717) is 30.8 Å². The van der Waals surface area contributed by atoms with Crippen LogP contribution in [0.4, 0.5) is 4.39 Å². The fourth-order valence-corrected chi connectivity index (χ4v) is 4.17. The van der Waals surface area contributed by atoms with Crippen molar-refractivity contribution in [2.24, 2.45) is 5.92 Å². The summed E-state index contributed by atoms with van der Waals surface area (Å²) in [7, 11) is 0. The minimum Gasteiger partial charge on any atom is -0.480 e. The molecular weight excluding hydrogens is 455 g/mol. The van der Waals surface area contributed by atoms with Gasteiger partial charge in [0.2, 0.25) is 0 Å². The van der Waals surface area contributed by atoms with Crippen molar-refractivity contribution < 1.29 is 19.1 Å². The van der Waals surface area contributed by atoms with E-state index in [4.69, 9.17) is 5.11 Å². The summed E-state index contributed by atoms with van der Waals surface area (Å²) in [6, 6.07) is 4.98. The van der Waals surface area contributed by atoms with Crippen molar-refractivity contribution in [3.05, 3.63) is 53.1 Å². The molecule has 0 amide bonds. The lowest BCUT2D eigenvalue weighted by Crippen LogP contribution is -2.42. The highest BCUT2D eigenvalue weighted by atomic mass is 35.5. The third-order valence-electron chi connectivity index (χ3n) is 5.88. The van der Waals surface area contributed by atoms with Gasteiger partial charge in [0.15, 0.2) is 11.8 Å². The van der Waals surface area contributed by atoms with E-state index in [-0.39, 0.29) is 35.2 Å². The van der Waals surface area contributed by atoms with Crippen LogP contribution in [-0.4, -0.2) is 55.1 Å². The molecule has 1 aromatic carbocycles. The van der Waals surface area contributed by atoms with Gasteiger partial charge in [-0.3, -0.25) is 9.69 Å². The van der Waals surface area contributed by atoms with Crippen LogP contribution in [0.5, 0.6) is 0 Å². The maximum Gasteiger partial charge on any atom is 0.330 e. The second kappa shape index (κ2) is 10.1. The number of thiol groups is 1. The molecule has 2 aliphatic rings. The SMILES string of the molecule is CC(C(=O)O)n1ncc(C=C2CN(C(C(=O)C3CC3)c3ccccc3F)CCC2S)n1.Cl.